The third kappa shape index (κ3) is 5.68. The largest absolute Gasteiger partial charge is 0.462 e. The second kappa shape index (κ2) is 10.2. The van der Waals surface area contributed by atoms with Crippen molar-refractivity contribution in [3.05, 3.63) is 59.2 Å². The molecule has 1 aliphatic carbocycles. The van der Waals surface area contributed by atoms with Gasteiger partial charge in [0.2, 0.25) is 0 Å². The number of carbonyl (C=O) groups is 1. The van der Waals surface area contributed by atoms with Gasteiger partial charge in [0.1, 0.15) is 6.10 Å². The molecular formula is C32H45BO4. The van der Waals surface area contributed by atoms with E-state index in [1.165, 1.54) is 16.3 Å². The van der Waals surface area contributed by atoms with Crippen molar-refractivity contribution in [2.75, 3.05) is 0 Å². The molecule has 0 N–H and O–H groups in total. The van der Waals surface area contributed by atoms with E-state index in [-0.39, 0.29) is 23.4 Å². The summed E-state index contributed by atoms with van der Waals surface area (Å²) in [5.41, 5.74) is 1.93. The summed E-state index contributed by atoms with van der Waals surface area (Å²) in [5.74, 6) is 0.539. The summed E-state index contributed by atoms with van der Waals surface area (Å²) in [6, 6.07) is 15.3. The first-order chi connectivity index (χ1) is 17.2. The third-order valence-electron chi connectivity index (χ3n) is 9.26. The van der Waals surface area contributed by atoms with Crippen LogP contribution in [0.15, 0.2) is 53.6 Å². The maximum absolute atomic E-state index is 13.7. The number of ether oxygens (including phenoxy) is 1. The van der Waals surface area contributed by atoms with Gasteiger partial charge in [-0.1, -0.05) is 75.2 Å². The Morgan fingerprint density at radius 2 is 1.62 bits per heavy atom. The van der Waals surface area contributed by atoms with E-state index in [2.05, 4.69) is 63.2 Å². The second-order valence-electron chi connectivity index (χ2n) is 13.1. The Bertz CT molecular complexity index is 1160. The molecule has 5 heteroatoms. The van der Waals surface area contributed by atoms with Crippen molar-refractivity contribution < 1.29 is 18.8 Å². The molecule has 1 aliphatic heterocycles. The van der Waals surface area contributed by atoms with Crippen LogP contribution in [0.2, 0.25) is 6.32 Å². The molecule has 4 rings (SSSR count). The van der Waals surface area contributed by atoms with Crippen LogP contribution in [0.5, 0.6) is 0 Å². The number of fused-ring (bicyclic) bond motifs is 1. The molecule has 1 heterocycles. The minimum Gasteiger partial charge on any atom is -0.459 e. The summed E-state index contributed by atoms with van der Waals surface area (Å²) in [6.45, 7) is 19.0. The summed E-state index contributed by atoms with van der Waals surface area (Å²) in [4.78, 5) is 13.7. The monoisotopic (exact) mass is 504 g/mol. The van der Waals surface area contributed by atoms with E-state index < -0.39 is 18.3 Å². The molecule has 37 heavy (non-hydrogen) atoms. The van der Waals surface area contributed by atoms with Crippen molar-refractivity contribution in [1.82, 2.24) is 0 Å². The highest BCUT2D eigenvalue weighted by Crippen LogP contribution is 2.45. The van der Waals surface area contributed by atoms with Gasteiger partial charge in [0.05, 0.1) is 11.2 Å². The van der Waals surface area contributed by atoms with Crippen molar-refractivity contribution >= 4 is 23.9 Å². The summed E-state index contributed by atoms with van der Waals surface area (Å²) in [5, 5.41) is 2.50. The van der Waals surface area contributed by atoms with Crippen LogP contribution < -0.4 is 0 Å². The van der Waals surface area contributed by atoms with E-state index in [1.807, 2.05) is 41.5 Å². The van der Waals surface area contributed by atoms with Gasteiger partial charge >= 0.3 is 13.1 Å². The van der Waals surface area contributed by atoms with Crippen LogP contribution in [-0.4, -0.2) is 30.4 Å². The molecule has 2 aromatic carbocycles. The average Bonchev–Trinajstić information content (AvgIpc) is 3.02. The predicted molar refractivity (Wildman–Crippen MR) is 153 cm³/mol. The molecule has 0 amide bonds. The van der Waals surface area contributed by atoms with Gasteiger partial charge < -0.3 is 14.0 Å². The minimum atomic E-state index is -0.461. The fourth-order valence-electron chi connectivity index (χ4n) is 6.00. The van der Waals surface area contributed by atoms with Crippen molar-refractivity contribution in [1.29, 1.82) is 0 Å². The summed E-state index contributed by atoms with van der Waals surface area (Å²) in [7, 11) is -0.461. The lowest BCUT2D eigenvalue weighted by atomic mass is 9.64. The van der Waals surface area contributed by atoms with Gasteiger partial charge in [-0.15, -0.1) is 0 Å². The molecule has 2 aliphatic rings. The van der Waals surface area contributed by atoms with Gasteiger partial charge in [-0.3, -0.25) is 0 Å². The van der Waals surface area contributed by atoms with E-state index in [0.29, 0.717) is 17.8 Å². The quantitative estimate of drug-likeness (QED) is 0.228. The van der Waals surface area contributed by atoms with Crippen molar-refractivity contribution in [2.24, 2.45) is 11.8 Å². The van der Waals surface area contributed by atoms with Gasteiger partial charge in [-0.25, -0.2) is 4.79 Å². The van der Waals surface area contributed by atoms with Gasteiger partial charge in [0, 0.05) is 17.8 Å². The van der Waals surface area contributed by atoms with Crippen LogP contribution in [0.1, 0.15) is 87.1 Å². The van der Waals surface area contributed by atoms with Gasteiger partial charge in [0.15, 0.2) is 0 Å². The zero-order chi connectivity index (χ0) is 27.2. The van der Waals surface area contributed by atoms with E-state index in [1.54, 1.807) is 0 Å². The highest BCUT2D eigenvalue weighted by atomic mass is 16.7. The zero-order valence-electron chi connectivity index (χ0n) is 24.3. The Labute approximate surface area is 224 Å². The van der Waals surface area contributed by atoms with Gasteiger partial charge in [0.25, 0.3) is 0 Å². The second-order valence-corrected chi connectivity index (χ2v) is 13.1. The van der Waals surface area contributed by atoms with Crippen LogP contribution in [0.25, 0.3) is 10.8 Å². The molecule has 0 unspecified atom stereocenters. The molecule has 200 valence electrons. The zero-order valence-corrected chi connectivity index (χ0v) is 24.3. The Morgan fingerprint density at radius 1 is 1.00 bits per heavy atom. The molecule has 0 bridgehead atoms. The van der Waals surface area contributed by atoms with Crippen molar-refractivity contribution in [2.45, 2.75) is 111 Å². The number of carbonyl (C=O) groups excluding carboxylic acids is 1. The van der Waals surface area contributed by atoms with E-state index in [0.717, 1.165) is 24.8 Å². The number of hydrogen-bond acceptors (Lipinski definition) is 4. The first kappa shape index (κ1) is 27.9. The Balaban J connectivity index is 1.55. The SMILES string of the molecule is CC(C)=C(CB1OC(C)(C)C(C)(C)O1)C(=O)O[C@@H]1C[C@H](C)CC[C@H]1C(C)(C)c1ccc2ccccc2c1. The standard InChI is InChI=1S/C32H45BO4/c1-21(2)26(20-33-36-31(6,7)32(8,9)37-33)29(34)35-28-18-22(3)14-17-27(28)30(4,5)25-16-15-23-12-10-11-13-24(23)19-25/h10-13,15-16,19,22,27-28H,14,17-18,20H2,1-9H3/t22-,27-,28-/m1/s1. The van der Waals surface area contributed by atoms with E-state index in [4.69, 9.17) is 14.0 Å². The Hall–Kier alpha value is -2.11. The predicted octanol–water partition coefficient (Wildman–Crippen LogP) is 7.89. The molecule has 0 aromatic heterocycles. The lowest BCUT2D eigenvalue weighted by molar-refractivity contribution is -0.151. The summed E-state index contributed by atoms with van der Waals surface area (Å²) in [6.07, 6.45) is 3.35. The Morgan fingerprint density at radius 3 is 2.24 bits per heavy atom. The number of benzene rings is 2. The van der Waals surface area contributed by atoms with Crippen LogP contribution in [-0.2, 0) is 24.3 Å². The smallest absolute Gasteiger partial charge is 0.459 e. The van der Waals surface area contributed by atoms with E-state index >= 15 is 0 Å². The molecular weight excluding hydrogens is 459 g/mol. The number of rotatable bonds is 6. The summed E-state index contributed by atoms with van der Waals surface area (Å²) >= 11 is 0. The molecule has 3 atom stereocenters. The number of allylic oxidation sites excluding steroid dienone is 1. The Kier molecular flexibility index (Phi) is 7.71. The summed E-state index contributed by atoms with van der Waals surface area (Å²) < 4.78 is 18.8. The average molecular weight is 505 g/mol. The van der Waals surface area contributed by atoms with Gasteiger partial charge in [-0.2, -0.15) is 0 Å². The number of esters is 1. The first-order valence-electron chi connectivity index (χ1n) is 13.9. The van der Waals surface area contributed by atoms with Crippen molar-refractivity contribution in [3.8, 4) is 0 Å². The molecule has 4 nitrogen and oxygen atoms in total. The van der Waals surface area contributed by atoms with Gasteiger partial charge in [-0.05, 0) is 82.1 Å². The molecule has 1 saturated heterocycles. The fraction of sp³-hybridized carbons (Fsp3) is 0.594. The molecule has 1 saturated carbocycles. The topological polar surface area (TPSA) is 44.8 Å². The minimum absolute atomic E-state index is 0.133. The lowest BCUT2D eigenvalue weighted by Gasteiger charge is -2.44. The normalized spacial score (nSPS) is 25.2. The molecule has 0 spiro atoms. The lowest BCUT2D eigenvalue weighted by Crippen LogP contribution is -2.43. The van der Waals surface area contributed by atoms with E-state index in [9.17, 15) is 4.79 Å². The fourth-order valence-corrected chi connectivity index (χ4v) is 6.00. The van der Waals surface area contributed by atoms with Crippen molar-refractivity contribution in [3.63, 3.8) is 0 Å². The highest BCUT2D eigenvalue weighted by molar-refractivity contribution is 6.47. The van der Waals surface area contributed by atoms with Crippen LogP contribution in [0.4, 0.5) is 0 Å². The molecule has 2 aromatic rings. The first-order valence-corrected chi connectivity index (χ1v) is 13.9. The highest BCUT2D eigenvalue weighted by Gasteiger charge is 2.51. The molecule has 0 radical (unpaired) electrons. The third-order valence-corrected chi connectivity index (χ3v) is 9.26. The number of hydrogen-bond donors (Lipinski definition) is 0. The molecule has 2 fully saturated rings. The van der Waals surface area contributed by atoms with Crippen LogP contribution in [0.3, 0.4) is 0 Å². The van der Waals surface area contributed by atoms with Crippen LogP contribution >= 0.6 is 0 Å². The maximum atomic E-state index is 13.7. The maximum Gasteiger partial charge on any atom is 0.462 e. The van der Waals surface area contributed by atoms with Crippen LogP contribution in [0, 0.1) is 11.8 Å².